The van der Waals surface area contributed by atoms with Crippen molar-refractivity contribution in [2.45, 2.75) is 44.4 Å². The molecule has 3 heterocycles. The molecule has 5 rings (SSSR count). The lowest BCUT2D eigenvalue weighted by molar-refractivity contribution is -0.141. The molecular formula is C27H24Cl2F3N5O3. The van der Waals surface area contributed by atoms with Crippen molar-refractivity contribution >= 4 is 40.1 Å². The number of ether oxygens (including phenoxy) is 1. The van der Waals surface area contributed by atoms with Gasteiger partial charge in [0.1, 0.15) is 5.75 Å². The van der Waals surface area contributed by atoms with Gasteiger partial charge < -0.3 is 10.1 Å². The first-order valence-corrected chi connectivity index (χ1v) is 13.2. The highest BCUT2D eigenvalue weighted by Crippen LogP contribution is 2.33. The van der Waals surface area contributed by atoms with Gasteiger partial charge in [0, 0.05) is 31.0 Å². The summed E-state index contributed by atoms with van der Waals surface area (Å²) in [6.45, 7) is 0.422. The van der Waals surface area contributed by atoms with Gasteiger partial charge in [-0.3, -0.25) is 18.9 Å². The summed E-state index contributed by atoms with van der Waals surface area (Å²) in [6.07, 6.45) is 1.71. The number of methoxy groups -OCH3 is 1. The van der Waals surface area contributed by atoms with Crippen LogP contribution in [0.5, 0.6) is 5.75 Å². The number of hydrogen-bond acceptors (Lipinski definition) is 5. The highest BCUT2D eigenvalue weighted by molar-refractivity contribution is 6.32. The number of nitrogens with zero attached hydrogens (tertiary/aromatic N) is 4. The minimum absolute atomic E-state index is 0.0584. The summed E-state index contributed by atoms with van der Waals surface area (Å²) >= 11 is 12.3. The molecular weight excluding hydrogens is 570 g/mol. The monoisotopic (exact) mass is 593 g/mol. The first kappa shape index (κ1) is 28.0. The van der Waals surface area contributed by atoms with Crippen molar-refractivity contribution in [3.63, 3.8) is 0 Å². The summed E-state index contributed by atoms with van der Waals surface area (Å²) in [5.41, 5.74) is -0.387. The van der Waals surface area contributed by atoms with E-state index < -0.39 is 23.3 Å². The normalized spacial score (nSPS) is 17.6. The zero-order chi connectivity index (χ0) is 28.6. The minimum atomic E-state index is -4.79. The topological polar surface area (TPSA) is 91.0 Å². The Morgan fingerprint density at radius 2 is 1.85 bits per heavy atom. The highest BCUT2D eigenvalue weighted by atomic mass is 35.5. The molecule has 1 aliphatic rings. The van der Waals surface area contributed by atoms with E-state index in [0.717, 1.165) is 12.3 Å². The summed E-state index contributed by atoms with van der Waals surface area (Å²) in [5.74, 6) is -0.211. The van der Waals surface area contributed by atoms with E-state index in [9.17, 15) is 22.8 Å². The molecule has 1 saturated carbocycles. The average Bonchev–Trinajstić information content (AvgIpc) is 3.20. The Hall–Kier alpha value is -3.57. The number of pyridine rings is 2. The highest BCUT2D eigenvalue weighted by Gasteiger charge is 2.38. The van der Waals surface area contributed by atoms with Crippen LogP contribution in [0.2, 0.25) is 10.0 Å². The fourth-order valence-corrected chi connectivity index (χ4v) is 5.52. The molecule has 0 aliphatic heterocycles. The van der Waals surface area contributed by atoms with E-state index in [1.54, 1.807) is 41.2 Å². The number of carbonyl (C=O) groups is 1. The lowest BCUT2D eigenvalue weighted by atomic mass is 9.85. The number of aromatic nitrogens is 4. The Labute approximate surface area is 236 Å². The molecule has 0 radical (unpaired) electrons. The van der Waals surface area contributed by atoms with Gasteiger partial charge in [0.2, 0.25) is 0 Å². The maximum atomic E-state index is 13.7. The van der Waals surface area contributed by atoms with E-state index in [1.165, 1.54) is 11.7 Å². The average molecular weight is 594 g/mol. The predicted molar refractivity (Wildman–Crippen MR) is 144 cm³/mol. The number of fused-ring (bicyclic) bond motifs is 1. The number of hydrogen-bond donors (Lipinski definition) is 1. The number of rotatable bonds is 6. The summed E-state index contributed by atoms with van der Waals surface area (Å²) < 4.78 is 48.6. The zero-order valence-corrected chi connectivity index (χ0v) is 22.7. The Bertz CT molecular complexity index is 1630. The molecule has 1 aromatic carbocycles. The number of carbonyl (C=O) groups excluding carboxylic acids is 1. The van der Waals surface area contributed by atoms with E-state index in [2.05, 4.69) is 15.3 Å². The van der Waals surface area contributed by atoms with E-state index in [1.807, 2.05) is 0 Å². The van der Waals surface area contributed by atoms with E-state index >= 15 is 0 Å². The lowest BCUT2D eigenvalue weighted by Crippen LogP contribution is -2.39. The van der Waals surface area contributed by atoms with Crippen LogP contribution in [0.3, 0.4) is 0 Å². The first-order chi connectivity index (χ1) is 19.1. The molecule has 0 unspecified atom stereocenters. The zero-order valence-electron chi connectivity index (χ0n) is 21.2. The van der Waals surface area contributed by atoms with Crippen LogP contribution in [0.1, 0.15) is 41.7 Å². The molecule has 1 amide bonds. The van der Waals surface area contributed by atoms with Crippen molar-refractivity contribution in [2.75, 3.05) is 7.11 Å². The van der Waals surface area contributed by atoms with Crippen molar-refractivity contribution in [1.29, 1.82) is 0 Å². The number of amides is 1. The van der Waals surface area contributed by atoms with Crippen LogP contribution in [-0.2, 0) is 12.7 Å². The third kappa shape index (κ3) is 5.53. The fourth-order valence-electron chi connectivity index (χ4n) is 5.16. The molecule has 1 aliphatic carbocycles. The Morgan fingerprint density at radius 3 is 2.55 bits per heavy atom. The second kappa shape index (κ2) is 11.1. The van der Waals surface area contributed by atoms with E-state index in [-0.39, 0.29) is 22.7 Å². The SMILES string of the molecule is COc1ccc(Cl)c(-n2c(=O)n(CC3CCC(NC(=O)c4cc(Cl)cnc4C(F)(F)F)CC3)c3ccncc32)c1. The van der Waals surface area contributed by atoms with Crippen LogP contribution < -0.4 is 15.7 Å². The summed E-state index contributed by atoms with van der Waals surface area (Å²) in [4.78, 5) is 33.9. The van der Waals surface area contributed by atoms with Crippen molar-refractivity contribution < 1.29 is 22.7 Å². The second-order valence-corrected chi connectivity index (χ2v) is 10.5. The minimum Gasteiger partial charge on any atom is -0.497 e. The van der Waals surface area contributed by atoms with Gasteiger partial charge in [0.25, 0.3) is 5.91 Å². The quantitative estimate of drug-likeness (QED) is 0.300. The van der Waals surface area contributed by atoms with Crippen LogP contribution in [0, 0.1) is 5.92 Å². The summed E-state index contributed by atoms with van der Waals surface area (Å²) in [7, 11) is 1.53. The molecule has 0 spiro atoms. The maximum Gasteiger partial charge on any atom is 0.434 e. The van der Waals surface area contributed by atoms with Gasteiger partial charge in [-0.05, 0) is 55.9 Å². The standard InChI is InChI=1S/C27H24Cl2F3N5O3/c1-40-18-6-7-20(29)22(11-18)37-23-13-33-9-8-21(23)36(26(37)39)14-15-2-4-17(5-3-15)35-25(38)19-10-16(28)12-34-24(19)27(30,31)32/h6-13,15,17H,2-5,14H2,1H3,(H,35,38). The van der Waals surface area contributed by atoms with Gasteiger partial charge in [-0.25, -0.2) is 9.78 Å². The van der Waals surface area contributed by atoms with Gasteiger partial charge >= 0.3 is 11.9 Å². The van der Waals surface area contributed by atoms with Gasteiger partial charge in [-0.1, -0.05) is 23.2 Å². The van der Waals surface area contributed by atoms with Crippen LogP contribution >= 0.6 is 23.2 Å². The number of benzene rings is 1. The van der Waals surface area contributed by atoms with Crippen LogP contribution in [0.15, 0.2) is 53.7 Å². The molecule has 3 aromatic heterocycles. The Morgan fingerprint density at radius 1 is 1.10 bits per heavy atom. The first-order valence-electron chi connectivity index (χ1n) is 12.5. The third-order valence-electron chi connectivity index (χ3n) is 7.12. The van der Waals surface area contributed by atoms with Gasteiger partial charge in [0.05, 0.1) is 45.6 Å². The maximum absolute atomic E-state index is 13.7. The number of halogens is 5. The molecule has 0 atom stereocenters. The molecule has 1 N–H and O–H groups in total. The molecule has 4 aromatic rings. The number of alkyl halides is 3. The van der Waals surface area contributed by atoms with E-state index in [4.69, 9.17) is 27.9 Å². The van der Waals surface area contributed by atoms with Gasteiger partial charge in [-0.2, -0.15) is 13.2 Å². The van der Waals surface area contributed by atoms with Gasteiger partial charge in [0.15, 0.2) is 5.69 Å². The number of nitrogens with one attached hydrogen (secondary N) is 1. The van der Waals surface area contributed by atoms with Crippen LogP contribution in [0.25, 0.3) is 16.7 Å². The summed E-state index contributed by atoms with van der Waals surface area (Å²) in [6, 6.07) is 7.48. The van der Waals surface area contributed by atoms with Crippen LogP contribution in [-0.4, -0.2) is 38.2 Å². The third-order valence-corrected chi connectivity index (χ3v) is 7.64. The van der Waals surface area contributed by atoms with Gasteiger partial charge in [-0.15, -0.1) is 0 Å². The largest absolute Gasteiger partial charge is 0.497 e. The van der Waals surface area contributed by atoms with Crippen molar-refractivity contribution in [1.82, 2.24) is 24.4 Å². The smallest absolute Gasteiger partial charge is 0.434 e. The fraction of sp³-hybridized carbons (Fsp3) is 0.333. The number of imidazole rings is 1. The Kier molecular flexibility index (Phi) is 7.78. The van der Waals surface area contributed by atoms with Crippen molar-refractivity contribution in [3.8, 4) is 11.4 Å². The Balaban J connectivity index is 1.33. The lowest BCUT2D eigenvalue weighted by Gasteiger charge is -2.29. The molecule has 0 saturated heterocycles. The second-order valence-electron chi connectivity index (χ2n) is 9.65. The molecule has 40 heavy (non-hydrogen) atoms. The van der Waals surface area contributed by atoms with E-state index in [0.29, 0.717) is 59.7 Å². The molecule has 210 valence electrons. The van der Waals surface area contributed by atoms with Crippen LogP contribution in [0.4, 0.5) is 13.2 Å². The molecule has 8 nitrogen and oxygen atoms in total. The molecule has 0 bridgehead atoms. The molecule has 1 fully saturated rings. The summed E-state index contributed by atoms with van der Waals surface area (Å²) in [5, 5.41) is 3.02. The van der Waals surface area contributed by atoms with Crippen molar-refractivity contribution in [3.05, 3.63) is 80.7 Å². The predicted octanol–water partition coefficient (Wildman–Crippen LogP) is 5.91. The van der Waals surface area contributed by atoms with Crippen molar-refractivity contribution in [2.24, 2.45) is 5.92 Å². The molecule has 13 heteroatoms.